The number of hydrogen-bond acceptors (Lipinski definition) is 4. The quantitative estimate of drug-likeness (QED) is 0.819. The van der Waals surface area contributed by atoms with Crippen molar-refractivity contribution in [1.82, 2.24) is 9.62 Å². The van der Waals surface area contributed by atoms with Crippen molar-refractivity contribution >= 4 is 15.9 Å². The number of carbonyl (C=O) groups is 1. The third-order valence-electron chi connectivity index (χ3n) is 4.35. The van der Waals surface area contributed by atoms with E-state index in [2.05, 4.69) is 4.72 Å². The molecule has 0 aliphatic rings. The molecule has 0 spiro atoms. The zero-order chi connectivity index (χ0) is 18.6. The maximum absolute atomic E-state index is 12.3. The molecule has 1 aromatic carbocycles. The lowest BCUT2D eigenvalue weighted by Crippen LogP contribution is -2.33. The number of aryl methyl sites for hydroxylation is 2. The molecule has 1 unspecified atom stereocenters. The summed E-state index contributed by atoms with van der Waals surface area (Å²) in [5.41, 5.74) is 1.94. The minimum absolute atomic E-state index is 0.0449. The molecule has 25 heavy (non-hydrogen) atoms. The van der Waals surface area contributed by atoms with Gasteiger partial charge in [0.25, 0.3) is 0 Å². The van der Waals surface area contributed by atoms with Gasteiger partial charge in [0.2, 0.25) is 15.9 Å². The molecule has 6 nitrogen and oxygen atoms in total. The van der Waals surface area contributed by atoms with Crippen LogP contribution < -0.4 is 4.72 Å². The predicted molar refractivity (Wildman–Crippen MR) is 95.6 cm³/mol. The van der Waals surface area contributed by atoms with E-state index in [9.17, 15) is 13.2 Å². The largest absolute Gasteiger partial charge is 0.467 e. The molecule has 0 saturated heterocycles. The van der Waals surface area contributed by atoms with E-state index >= 15 is 0 Å². The Bertz CT molecular complexity index is 829. The van der Waals surface area contributed by atoms with E-state index in [1.165, 1.54) is 0 Å². The fraction of sp³-hybridized carbons (Fsp3) is 0.389. The molecule has 0 saturated carbocycles. The number of benzene rings is 1. The highest BCUT2D eigenvalue weighted by Crippen LogP contribution is 2.19. The lowest BCUT2D eigenvalue weighted by Gasteiger charge is -2.23. The molecule has 0 bridgehead atoms. The Morgan fingerprint density at radius 1 is 1.24 bits per heavy atom. The van der Waals surface area contributed by atoms with Crippen LogP contribution in [-0.4, -0.2) is 32.8 Å². The van der Waals surface area contributed by atoms with Crippen molar-refractivity contribution in [3.63, 3.8) is 0 Å². The lowest BCUT2D eigenvalue weighted by molar-refractivity contribution is -0.131. The van der Waals surface area contributed by atoms with Gasteiger partial charge in [0.15, 0.2) is 0 Å². The van der Waals surface area contributed by atoms with Crippen LogP contribution in [-0.2, 0) is 14.8 Å². The normalized spacial score (nSPS) is 12.8. The fourth-order valence-corrected chi connectivity index (χ4v) is 3.49. The maximum atomic E-state index is 12.3. The maximum Gasteiger partial charge on any atom is 0.240 e. The molecule has 2 aromatic rings. The molecule has 0 aliphatic heterocycles. The van der Waals surface area contributed by atoms with Crippen LogP contribution in [0.5, 0.6) is 0 Å². The second-order valence-corrected chi connectivity index (χ2v) is 7.86. The Balaban J connectivity index is 1.92. The van der Waals surface area contributed by atoms with Crippen LogP contribution in [0.25, 0.3) is 0 Å². The minimum atomic E-state index is -3.62. The monoisotopic (exact) mass is 364 g/mol. The highest BCUT2D eigenvalue weighted by atomic mass is 32.2. The smallest absolute Gasteiger partial charge is 0.240 e. The Labute approximate surface area is 148 Å². The van der Waals surface area contributed by atoms with Gasteiger partial charge < -0.3 is 9.32 Å². The molecular formula is C18H24N2O4S. The van der Waals surface area contributed by atoms with E-state index in [1.807, 2.05) is 20.8 Å². The number of hydrogen-bond donors (Lipinski definition) is 1. The number of furan rings is 1. The van der Waals surface area contributed by atoms with Crippen molar-refractivity contribution < 1.29 is 17.6 Å². The molecule has 7 heteroatoms. The van der Waals surface area contributed by atoms with Gasteiger partial charge in [-0.1, -0.05) is 6.07 Å². The summed E-state index contributed by atoms with van der Waals surface area (Å²) in [6.45, 7) is 5.69. The molecule has 1 aromatic heterocycles. The van der Waals surface area contributed by atoms with E-state index in [4.69, 9.17) is 4.42 Å². The first-order chi connectivity index (χ1) is 11.7. The van der Waals surface area contributed by atoms with Gasteiger partial charge in [0, 0.05) is 20.0 Å². The van der Waals surface area contributed by atoms with Crippen LogP contribution in [0.2, 0.25) is 0 Å². The first-order valence-corrected chi connectivity index (χ1v) is 9.56. The summed E-state index contributed by atoms with van der Waals surface area (Å²) in [6.07, 6.45) is 1.63. The Morgan fingerprint density at radius 3 is 2.56 bits per heavy atom. The Kier molecular flexibility index (Phi) is 6.02. The van der Waals surface area contributed by atoms with Crippen LogP contribution in [0, 0.1) is 13.8 Å². The second-order valence-electron chi connectivity index (χ2n) is 6.09. The zero-order valence-corrected chi connectivity index (χ0v) is 15.8. The van der Waals surface area contributed by atoms with Gasteiger partial charge in [-0.05, 0) is 56.2 Å². The van der Waals surface area contributed by atoms with Gasteiger partial charge in [-0.3, -0.25) is 4.79 Å². The third-order valence-corrected chi connectivity index (χ3v) is 5.81. The molecular weight excluding hydrogens is 340 g/mol. The number of nitrogens with zero attached hydrogens (tertiary/aromatic N) is 1. The molecule has 1 amide bonds. The minimum Gasteiger partial charge on any atom is -0.467 e. The van der Waals surface area contributed by atoms with Crippen molar-refractivity contribution in [1.29, 1.82) is 0 Å². The molecule has 136 valence electrons. The van der Waals surface area contributed by atoms with Crippen LogP contribution in [0.15, 0.2) is 45.9 Å². The number of amides is 1. The standard InChI is InChI=1S/C18H24N2O4S/c1-13-7-8-16(12-14(13)2)25(22,23)19-10-9-18(21)20(4)15(3)17-6-5-11-24-17/h5-8,11-12,15,19H,9-10H2,1-4H3. The molecule has 0 radical (unpaired) electrons. The molecule has 1 heterocycles. The van der Waals surface area contributed by atoms with Gasteiger partial charge in [-0.2, -0.15) is 0 Å². The lowest BCUT2D eigenvalue weighted by atomic mass is 10.1. The summed E-state index contributed by atoms with van der Waals surface area (Å²) in [7, 11) is -1.95. The second kappa shape index (κ2) is 7.84. The van der Waals surface area contributed by atoms with E-state index < -0.39 is 10.0 Å². The number of carbonyl (C=O) groups excluding carboxylic acids is 1. The summed E-state index contributed by atoms with van der Waals surface area (Å²) in [4.78, 5) is 14.0. The zero-order valence-electron chi connectivity index (χ0n) is 14.9. The van der Waals surface area contributed by atoms with E-state index in [1.54, 1.807) is 48.5 Å². The van der Waals surface area contributed by atoms with Crippen LogP contribution >= 0.6 is 0 Å². The molecule has 0 aliphatic carbocycles. The summed E-state index contributed by atoms with van der Waals surface area (Å²) in [6, 6.07) is 8.33. The van der Waals surface area contributed by atoms with Crippen molar-refractivity contribution in [3.8, 4) is 0 Å². The van der Waals surface area contributed by atoms with Gasteiger partial charge >= 0.3 is 0 Å². The van der Waals surface area contributed by atoms with Gasteiger partial charge in [-0.15, -0.1) is 0 Å². The van der Waals surface area contributed by atoms with E-state index in [0.29, 0.717) is 5.76 Å². The third kappa shape index (κ3) is 4.70. The molecule has 1 atom stereocenters. The Morgan fingerprint density at radius 2 is 1.96 bits per heavy atom. The van der Waals surface area contributed by atoms with Crippen molar-refractivity contribution in [2.75, 3.05) is 13.6 Å². The summed E-state index contributed by atoms with van der Waals surface area (Å²) < 4.78 is 32.4. The Hall–Kier alpha value is -2.12. The average molecular weight is 364 g/mol. The first kappa shape index (κ1) is 19.2. The molecule has 2 rings (SSSR count). The number of nitrogens with one attached hydrogen (secondary N) is 1. The van der Waals surface area contributed by atoms with Crippen molar-refractivity contribution in [2.45, 2.75) is 38.1 Å². The first-order valence-electron chi connectivity index (χ1n) is 8.08. The van der Waals surface area contributed by atoms with Crippen molar-refractivity contribution in [3.05, 3.63) is 53.5 Å². The highest BCUT2D eigenvalue weighted by molar-refractivity contribution is 7.89. The SMILES string of the molecule is Cc1ccc(S(=O)(=O)NCCC(=O)N(C)C(C)c2ccco2)cc1C. The van der Waals surface area contributed by atoms with Crippen LogP contribution in [0.3, 0.4) is 0 Å². The average Bonchev–Trinajstić information content (AvgIpc) is 3.10. The van der Waals surface area contributed by atoms with Gasteiger partial charge in [-0.25, -0.2) is 13.1 Å². The van der Waals surface area contributed by atoms with E-state index in [0.717, 1.165) is 11.1 Å². The number of rotatable bonds is 7. The summed E-state index contributed by atoms with van der Waals surface area (Å²) in [5.74, 6) is 0.526. The predicted octanol–water partition coefficient (Wildman–Crippen LogP) is 2.78. The number of sulfonamides is 1. The molecule has 1 N–H and O–H groups in total. The summed E-state index contributed by atoms with van der Waals surface area (Å²) >= 11 is 0. The fourth-order valence-electron chi connectivity index (χ4n) is 2.37. The van der Waals surface area contributed by atoms with Crippen molar-refractivity contribution in [2.24, 2.45) is 0 Å². The topological polar surface area (TPSA) is 79.6 Å². The van der Waals surface area contributed by atoms with Gasteiger partial charge in [0.05, 0.1) is 17.2 Å². The highest BCUT2D eigenvalue weighted by Gasteiger charge is 2.20. The van der Waals surface area contributed by atoms with Gasteiger partial charge in [0.1, 0.15) is 5.76 Å². The molecule has 0 fully saturated rings. The summed E-state index contributed by atoms with van der Waals surface area (Å²) in [5, 5.41) is 0. The van der Waals surface area contributed by atoms with E-state index in [-0.39, 0.29) is 29.8 Å². The van der Waals surface area contributed by atoms with Crippen LogP contribution in [0.4, 0.5) is 0 Å². The van der Waals surface area contributed by atoms with Crippen LogP contribution in [0.1, 0.15) is 36.3 Å².